The standard InChI is InChI=1S/C18H26N2O/c1-18(2,3)13-8-9-20(11-13)12-17-15(10-19)14-6-4-5-7-16(14)21-17/h4-7,13H,8-12,19H2,1-3H3. The van der Waals surface area contributed by atoms with E-state index < -0.39 is 0 Å². The van der Waals surface area contributed by atoms with Gasteiger partial charge in [-0.1, -0.05) is 39.0 Å². The minimum absolute atomic E-state index is 0.388. The summed E-state index contributed by atoms with van der Waals surface area (Å²) < 4.78 is 6.05. The summed E-state index contributed by atoms with van der Waals surface area (Å²) >= 11 is 0. The Morgan fingerprint density at radius 3 is 2.71 bits per heavy atom. The minimum Gasteiger partial charge on any atom is -0.459 e. The molecule has 3 nitrogen and oxygen atoms in total. The molecule has 114 valence electrons. The van der Waals surface area contributed by atoms with Crippen molar-refractivity contribution in [3.05, 3.63) is 35.6 Å². The molecule has 0 saturated carbocycles. The molecule has 1 aliphatic heterocycles. The van der Waals surface area contributed by atoms with Gasteiger partial charge < -0.3 is 10.2 Å². The molecule has 2 heterocycles. The third-order valence-corrected chi connectivity index (χ3v) is 4.85. The van der Waals surface area contributed by atoms with Crippen LogP contribution in [0, 0.1) is 11.3 Å². The highest BCUT2D eigenvalue weighted by Gasteiger charge is 2.32. The van der Waals surface area contributed by atoms with E-state index in [2.05, 4.69) is 31.7 Å². The Kier molecular flexibility index (Phi) is 3.80. The van der Waals surface area contributed by atoms with Crippen LogP contribution >= 0.6 is 0 Å². The molecule has 1 fully saturated rings. The highest BCUT2D eigenvalue weighted by atomic mass is 16.3. The van der Waals surface area contributed by atoms with E-state index in [0.717, 1.165) is 36.9 Å². The SMILES string of the molecule is CC(C)(C)C1CCN(Cc2oc3ccccc3c2CN)C1. The number of fused-ring (bicyclic) bond motifs is 1. The van der Waals surface area contributed by atoms with E-state index in [1.54, 1.807) is 0 Å². The van der Waals surface area contributed by atoms with Crippen LogP contribution < -0.4 is 5.73 Å². The van der Waals surface area contributed by atoms with Crippen molar-refractivity contribution in [1.29, 1.82) is 0 Å². The molecule has 2 N–H and O–H groups in total. The molecule has 1 atom stereocenters. The third-order valence-electron chi connectivity index (χ3n) is 4.85. The Morgan fingerprint density at radius 2 is 2.05 bits per heavy atom. The van der Waals surface area contributed by atoms with Crippen molar-refractivity contribution in [2.24, 2.45) is 17.1 Å². The van der Waals surface area contributed by atoms with Crippen LogP contribution in [0.1, 0.15) is 38.5 Å². The molecule has 3 heteroatoms. The molecule has 0 spiro atoms. The molecule has 3 rings (SSSR count). The van der Waals surface area contributed by atoms with Crippen LogP contribution in [-0.2, 0) is 13.1 Å². The molecule has 0 aliphatic carbocycles. The first-order valence-corrected chi connectivity index (χ1v) is 7.90. The largest absolute Gasteiger partial charge is 0.459 e. The number of hydrogen-bond acceptors (Lipinski definition) is 3. The van der Waals surface area contributed by atoms with E-state index >= 15 is 0 Å². The molecule has 2 aromatic rings. The summed E-state index contributed by atoms with van der Waals surface area (Å²) in [5.41, 5.74) is 8.47. The second-order valence-corrected chi connectivity index (χ2v) is 7.29. The summed E-state index contributed by atoms with van der Waals surface area (Å²) in [6.45, 7) is 10.8. The lowest BCUT2D eigenvalue weighted by Gasteiger charge is -2.27. The van der Waals surface area contributed by atoms with Crippen LogP contribution in [0.15, 0.2) is 28.7 Å². The van der Waals surface area contributed by atoms with Gasteiger partial charge in [-0.25, -0.2) is 0 Å². The van der Waals surface area contributed by atoms with Crippen LogP contribution in [0.25, 0.3) is 11.0 Å². The average molecular weight is 286 g/mol. The highest BCUT2D eigenvalue weighted by molar-refractivity contribution is 5.82. The predicted molar refractivity (Wildman–Crippen MR) is 86.9 cm³/mol. The van der Waals surface area contributed by atoms with Gasteiger partial charge in [0, 0.05) is 24.0 Å². The molecule has 0 bridgehead atoms. The zero-order chi connectivity index (χ0) is 15.0. The van der Waals surface area contributed by atoms with Gasteiger partial charge >= 0.3 is 0 Å². The van der Waals surface area contributed by atoms with Gasteiger partial charge in [0.2, 0.25) is 0 Å². The van der Waals surface area contributed by atoms with Crippen molar-refractivity contribution in [1.82, 2.24) is 4.90 Å². The summed E-state index contributed by atoms with van der Waals surface area (Å²) in [5, 5.41) is 1.17. The maximum absolute atomic E-state index is 6.05. The summed E-state index contributed by atoms with van der Waals surface area (Å²) in [6, 6.07) is 8.19. The molecule has 1 aromatic carbocycles. The number of nitrogens with two attached hydrogens (primary N) is 1. The summed E-state index contributed by atoms with van der Waals surface area (Å²) in [5.74, 6) is 1.82. The van der Waals surface area contributed by atoms with Crippen molar-refractivity contribution in [2.75, 3.05) is 13.1 Å². The predicted octanol–water partition coefficient (Wildman–Crippen LogP) is 3.76. The Bertz CT molecular complexity index is 624. The molecule has 0 amide bonds. The van der Waals surface area contributed by atoms with Crippen LogP contribution in [0.4, 0.5) is 0 Å². The van der Waals surface area contributed by atoms with Gasteiger partial charge in [0.25, 0.3) is 0 Å². The molecule has 1 aromatic heterocycles. The van der Waals surface area contributed by atoms with Crippen molar-refractivity contribution in [3.63, 3.8) is 0 Å². The van der Waals surface area contributed by atoms with Gasteiger partial charge in [-0.2, -0.15) is 0 Å². The third kappa shape index (κ3) is 2.85. The number of para-hydroxylation sites is 1. The first-order valence-electron chi connectivity index (χ1n) is 7.90. The van der Waals surface area contributed by atoms with E-state index in [1.165, 1.54) is 17.4 Å². The van der Waals surface area contributed by atoms with Crippen LogP contribution in [0.2, 0.25) is 0 Å². The Hall–Kier alpha value is -1.32. The number of nitrogens with zero attached hydrogens (tertiary/aromatic N) is 1. The van der Waals surface area contributed by atoms with Gasteiger partial charge in [-0.05, 0) is 30.4 Å². The van der Waals surface area contributed by atoms with Gasteiger partial charge in [-0.15, -0.1) is 0 Å². The van der Waals surface area contributed by atoms with E-state index in [4.69, 9.17) is 10.2 Å². The van der Waals surface area contributed by atoms with E-state index in [-0.39, 0.29) is 0 Å². The summed E-state index contributed by atoms with van der Waals surface area (Å²) in [4.78, 5) is 2.51. The smallest absolute Gasteiger partial charge is 0.134 e. The first kappa shape index (κ1) is 14.6. The molecule has 21 heavy (non-hydrogen) atoms. The Labute approximate surface area is 127 Å². The van der Waals surface area contributed by atoms with E-state index in [0.29, 0.717) is 12.0 Å². The number of hydrogen-bond donors (Lipinski definition) is 1. The molecule has 1 aliphatic rings. The number of benzene rings is 1. The number of rotatable bonds is 3. The quantitative estimate of drug-likeness (QED) is 0.934. The Morgan fingerprint density at radius 1 is 1.29 bits per heavy atom. The monoisotopic (exact) mass is 286 g/mol. The molecular weight excluding hydrogens is 260 g/mol. The second-order valence-electron chi connectivity index (χ2n) is 7.29. The summed E-state index contributed by atoms with van der Waals surface area (Å²) in [7, 11) is 0. The van der Waals surface area contributed by atoms with Crippen LogP contribution in [0.5, 0.6) is 0 Å². The zero-order valence-corrected chi connectivity index (χ0v) is 13.4. The lowest BCUT2D eigenvalue weighted by molar-refractivity contribution is 0.220. The van der Waals surface area contributed by atoms with Crippen molar-refractivity contribution >= 4 is 11.0 Å². The zero-order valence-electron chi connectivity index (χ0n) is 13.4. The van der Waals surface area contributed by atoms with E-state index in [9.17, 15) is 0 Å². The van der Waals surface area contributed by atoms with Gasteiger partial charge in [0.15, 0.2) is 0 Å². The summed E-state index contributed by atoms with van der Waals surface area (Å²) in [6.07, 6.45) is 1.28. The minimum atomic E-state index is 0.388. The lowest BCUT2D eigenvalue weighted by atomic mass is 9.80. The van der Waals surface area contributed by atoms with Gasteiger partial charge in [0.1, 0.15) is 11.3 Å². The maximum atomic E-state index is 6.05. The normalized spacial score (nSPS) is 20.5. The maximum Gasteiger partial charge on any atom is 0.134 e. The van der Waals surface area contributed by atoms with Crippen molar-refractivity contribution in [3.8, 4) is 0 Å². The topological polar surface area (TPSA) is 42.4 Å². The van der Waals surface area contributed by atoms with Crippen molar-refractivity contribution < 1.29 is 4.42 Å². The fourth-order valence-electron chi connectivity index (χ4n) is 3.39. The van der Waals surface area contributed by atoms with Crippen LogP contribution in [-0.4, -0.2) is 18.0 Å². The van der Waals surface area contributed by atoms with Gasteiger partial charge in [0.05, 0.1) is 6.54 Å². The second kappa shape index (κ2) is 5.47. The molecular formula is C18H26N2O. The van der Waals surface area contributed by atoms with Crippen molar-refractivity contribution in [2.45, 2.75) is 40.3 Å². The Balaban J connectivity index is 1.80. The van der Waals surface area contributed by atoms with E-state index in [1.807, 2.05) is 18.2 Å². The molecule has 1 saturated heterocycles. The molecule has 1 unspecified atom stereocenters. The first-order chi connectivity index (χ1) is 9.99. The average Bonchev–Trinajstić information content (AvgIpc) is 3.02. The number of likely N-dealkylation sites (tertiary alicyclic amines) is 1. The van der Waals surface area contributed by atoms with Gasteiger partial charge in [-0.3, -0.25) is 4.90 Å². The molecule has 0 radical (unpaired) electrons. The van der Waals surface area contributed by atoms with Crippen LogP contribution in [0.3, 0.4) is 0 Å². The highest BCUT2D eigenvalue weighted by Crippen LogP contribution is 2.35. The number of furan rings is 1. The lowest BCUT2D eigenvalue weighted by Crippen LogP contribution is -2.26. The fourth-order valence-corrected chi connectivity index (χ4v) is 3.39. The fraction of sp³-hybridized carbons (Fsp3) is 0.556.